The number of carbonyl (C=O) groups excluding carboxylic acids is 1. The Labute approximate surface area is 161 Å². The molecule has 2 aromatic rings. The van der Waals surface area contributed by atoms with Crippen molar-refractivity contribution in [3.63, 3.8) is 0 Å². The summed E-state index contributed by atoms with van der Waals surface area (Å²) in [4.78, 5) is 19.5. The van der Waals surface area contributed by atoms with Crippen LogP contribution in [0.5, 0.6) is 0 Å². The number of Topliss-reactive ketones (excluding diaryl/α,β-unsaturated/α-hetero) is 1. The number of anilines is 1. The Balaban J connectivity index is 2.36. The summed E-state index contributed by atoms with van der Waals surface area (Å²) in [5, 5.41) is 18.1. The zero-order chi connectivity index (χ0) is 19.2. The average Bonchev–Trinajstić information content (AvgIpc) is 2.76. The molecular formula is C19H19ClN4OS. The van der Waals surface area contributed by atoms with E-state index in [4.69, 9.17) is 22.4 Å². The minimum atomic E-state index is -0.944. The first-order chi connectivity index (χ1) is 12.2. The van der Waals surface area contributed by atoms with Gasteiger partial charge in [-0.25, -0.2) is 0 Å². The Morgan fingerprint density at radius 2 is 1.85 bits per heavy atom. The molecule has 1 aliphatic rings. The van der Waals surface area contributed by atoms with E-state index >= 15 is 0 Å². The fourth-order valence-electron chi connectivity index (χ4n) is 2.97. The van der Waals surface area contributed by atoms with Crippen LogP contribution in [0.3, 0.4) is 0 Å². The molecule has 0 aliphatic carbocycles. The molecule has 0 bridgehead atoms. The van der Waals surface area contributed by atoms with E-state index in [1.807, 2.05) is 26.0 Å². The number of benzene rings is 1. The standard InChI is InChI=1S/C19H19ClN4OS/c1-9-11(3)26-19-15(9)17(13-5-7-14(20)8-6-13)23-16(10(2)25)18(22)24(19)12(4)21/h5-8,16,21-22H,1-4H3. The van der Waals surface area contributed by atoms with Crippen LogP contribution in [0.4, 0.5) is 5.00 Å². The summed E-state index contributed by atoms with van der Waals surface area (Å²) < 4.78 is 0. The van der Waals surface area contributed by atoms with Crippen molar-refractivity contribution in [2.45, 2.75) is 33.7 Å². The molecule has 2 heterocycles. The first-order valence-electron chi connectivity index (χ1n) is 8.10. The highest BCUT2D eigenvalue weighted by atomic mass is 35.5. The fraction of sp³-hybridized carbons (Fsp3) is 0.263. The lowest BCUT2D eigenvalue weighted by molar-refractivity contribution is -0.116. The average molecular weight is 387 g/mol. The summed E-state index contributed by atoms with van der Waals surface area (Å²) in [7, 11) is 0. The second-order valence-electron chi connectivity index (χ2n) is 6.27. The smallest absolute Gasteiger partial charge is 0.166 e. The number of aliphatic imine (C=N–C) groups is 1. The molecule has 1 atom stereocenters. The van der Waals surface area contributed by atoms with Crippen LogP contribution in [-0.2, 0) is 4.79 Å². The molecule has 1 unspecified atom stereocenters. The number of ketones is 1. The highest BCUT2D eigenvalue weighted by molar-refractivity contribution is 7.17. The van der Waals surface area contributed by atoms with Gasteiger partial charge in [0.05, 0.1) is 5.71 Å². The molecule has 1 aromatic heterocycles. The second kappa shape index (κ2) is 6.78. The highest BCUT2D eigenvalue weighted by Crippen LogP contribution is 2.39. The minimum Gasteiger partial charge on any atom is -0.297 e. The van der Waals surface area contributed by atoms with E-state index in [2.05, 4.69) is 4.99 Å². The summed E-state index contributed by atoms with van der Waals surface area (Å²) in [5.41, 5.74) is 3.41. The number of aryl methyl sites for hydroxylation is 1. The van der Waals surface area contributed by atoms with Crippen molar-refractivity contribution >= 4 is 51.1 Å². The summed E-state index contributed by atoms with van der Waals surface area (Å²) in [5.74, 6) is -0.0231. The number of rotatable bonds is 2. The Bertz CT molecular complexity index is 959. The van der Waals surface area contributed by atoms with E-state index in [1.54, 1.807) is 19.1 Å². The molecule has 1 aliphatic heterocycles. The van der Waals surface area contributed by atoms with E-state index in [1.165, 1.54) is 23.2 Å². The third-order valence-corrected chi connectivity index (χ3v) is 5.85. The SMILES string of the molecule is CC(=N)N1C(=N)C(C(C)=O)N=C(c2ccc(Cl)cc2)c2c1sc(C)c2C. The Morgan fingerprint density at radius 3 is 2.38 bits per heavy atom. The lowest BCUT2D eigenvalue weighted by Gasteiger charge is -2.23. The van der Waals surface area contributed by atoms with Gasteiger partial charge in [-0.3, -0.25) is 25.5 Å². The lowest BCUT2D eigenvalue weighted by Crippen LogP contribution is -2.42. The third kappa shape index (κ3) is 2.99. The topological polar surface area (TPSA) is 80.4 Å². The first kappa shape index (κ1) is 18.5. The molecule has 1 aromatic carbocycles. The molecule has 3 rings (SSSR count). The van der Waals surface area contributed by atoms with Gasteiger partial charge in [0.2, 0.25) is 0 Å². The first-order valence-corrected chi connectivity index (χ1v) is 9.30. The van der Waals surface area contributed by atoms with Crippen molar-refractivity contribution < 1.29 is 4.79 Å². The van der Waals surface area contributed by atoms with Crippen molar-refractivity contribution in [2.24, 2.45) is 4.99 Å². The number of nitrogens with zero attached hydrogens (tertiary/aromatic N) is 2. The molecular weight excluding hydrogens is 368 g/mol. The minimum absolute atomic E-state index is 0.0106. The van der Waals surface area contributed by atoms with Crippen LogP contribution in [0.25, 0.3) is 0 Å². The van der Waals surface area contributed by atoms with Crippen LogP contribution in [0.15, 0.2) is 29.3 Å². The number of nitrogens with one attached hydrogen (secondary N) is 2. The summed E-state index contributed by atoms with van der Waals surface area (Å²) in [6, 6.07) is 6.36. The van der Waals surface area contributed by atoms with Gasteiger partial charge in [0.15, 0.2) is 11.8 Å². The van der Waals surface area contributed by atoms with Gasteiger partial charge in [-0.05, 0) is 45.4 Å². The van der Waals surface area contributed by atoms with Gasteiger partial charge in [0.25, 0.3) is 0 Å². The molecule has 7 heteroatoms. The molecule has 0 saturated heterocycles. The van der Waals surface area contributed by atoms with Gasteiger partial charge >= 0.3 is 0 Å². The predicted molar refractivity (Wildman–Crippen MR) is 109 cm³/mol. The Kier molecular flexibility index (Phi) is 4.82. The lowest BCUT2D eigenvalue weighted by atomic mass is 9.99. The zero-order valence-corrected chi connectivity index (χ0v) is 16.5. The van der Waals surface area contributed by atoms with Crippen molar-refractivity contribution in [2.75, 3.05) is 4.90 Å². The highest BCUT2D eigenvalue weighted by Gasteiger charge is 2.35. The Morgan fingerprint density at radius 1 is 1.23 bits per heavy atom. The van der Waals surface area contributed by atoms with Gasteiger partial charge in [0.1, 0.15) is 16.7 Å². The Hall–Kier alpha value is -2.31. The van der Waals surface area contributed by atoms with Gasteiger partial charge in [0, 0.05) is 21.0 Å². The normalized spacial score (nSPS) is 16.8. The van der Waals surface area contributed by atoms with Crippen molar-refractivity contribution in [3.05, 3.63) is 50.9 Å². The maximum atomic E-state index is 12.2. The molecule has 0 fully saturated rings. The van der Waals surface area contributed by atoms with Gasteiger partial charge in [-0.15, -0.1) is 11.3 Å². The molecule has 5 nitrogen and oxygen atoms in total. The number of hydrogen-bond acceptors (Lipinski definition) is 5. The van der Waals surface area contributed by atoms with E-state index in [9.17, 15) is 4.79 Å². The van der Waals surface area contributed by atoms with Crippen molar-refractivity contribution in [3.8, 4) is 0 Å². The maximum absolute atomic E-state index is 12.2. The van der Waals surface area contributed by atoms with Crippen LogP contribution < -0.4 is 4.90 Å². The molecule has 0 saturated carbocycles. The predicted octanol–water partition coefficient (Wildman–Crippen LogP) is 4.61. The van der Waals surface area contributed by atoms with Crippen LogP contribution in [-0.4, -0.2) is 29.2 Å². The number of halogens is 1. The van der Waals surface area contributed by atoms with E-state index in [0.29, 0.717) is 10.7 Å². The van der Waals surface area contributed by atoms with Crippen molar-refractivity contribution in [1.29, 1.82) is 10.8 Å². The summed E-state index contributed by atoms with van der Waals surface area (Å²) in [6.07, 6.45) is 0. The van der Waals surface area contributed by atoms with Crippen LogP contribution in [0.2, 0.25) is 5.02 Å². The summed E-state index contributed by atoms with van der Waals surface area (Å²) >= 11 is 7.53. The quantitative estimate of drug-likeness (QED) is 0.583. The number of thiophene rings is 1. The third-order valence-electron chi connectivity index (χ3n) is 4.40. The molecule has 0 amide bonds. The van der Waals surface area contributed by atoms with Crippen LogP contribution in [0.1, 0.15) is 35.4 Å². The zero-order valence-electron chi connectivity index (χ0n) is 15.0. The van der Waals surface area contributed by atoms with Crippen LogP contribution >= 0.6 is 22.9 Å². The maximum Gasteiger partial charge on any atom is 0.166 e. The number of hydrogen-bond donors (Lipinski definition) is 2. The number of carbonyl (C=O) groups is 1. The summed E-state index contributed by atoms with van der Waals surface area (Å²) in [6.45, 7) is 7.06. The monoisotopic (exact) mass is 386 g/mol. The molecule has 2 N–H and O–H groups in total. The van der Waals surface area contributed by atoms with E-state index < -0.39 is 6.04 Å². The molecule has 0 radical (unpaired) electrons. The number of amidine groups is 2. The molecule has 0 spiro atoms. The fourth-order valence-corrected chi connectivity index (χ4v) is 4.32. The van der Waals surface area contributed by atoms with Gasteiger partial charge in [-0.1, -0.05) is 23.7 Å². The van der Waals surface area contributed by atoms with Gasteiger partial charge in [-0.2, -0.15) is 0 Å². The van der Waals surface area contributed by atoms with Gasteiger partial charge < -0.3 is 0 Å². The van der Waals surface area contributed by atoms with Crippen molar-refractivity contribution in [1.82, 2.24) is 0 Å². The largest absolute Gasteiger partial charge is 0.297 e. The molecule has 26 heavy (non-hydrogen) atoms. The molecule has 134 valence electrons. The number of fused-ring (bicyclic) bond motifs is 1. The van der Waals surface area contributed by atoms with Crippen LogP contribution in [0, 0.1) is 24.7 Å². The second-order valence-corrected chi connectivity index (χ2v) is 7.91. The van der Waals surface area contributed by atoms with E-state index in [-0.39, 0.29) is 17.5 Å². The van der Waals surface area contributed by atoms with E-state index in [0.717, 1.165) is 26.6 Å².